The van der Waals surface area contributed by atoms with Crippen LogP contribution in [0.2, 0.25) is 0 Å². The number of carbonyl (C=O) groups is 1. The van der Waals surface area contributed by atoms with Crippen molar-refractivity contribution < 1.29 is 9.53 Å². The monoisotopic (exact) mass is 345 g/mol. The fourth-order valence-corrected chi connectivity index (χ4v) is 2.59. The molecule has 1 heterocycles. The van der Waals surface area contributed by atoms with Crippen molar-refractivity contribution in [2.24, 2.45) is 11.1 Å². The molecule has 0 aliphatic rings. The second-order valence-corrected chi connectivity index (χ2v) is 6.54. The zero-order valence-corrected chi connectivity index (χ0v) is 14.1. The summed E-state index contributed by atoms with van der Waals surface area (Å²) in [5.74, 6) is 0.107. The van der Waals surface area contributed by atoms with E-state index in [1.54, 1.807) is 18.0 Å². The molecule has 1 rings (SSSR count). The highest BCUT2D eigenvalue weighted by Gasteiger charge is 2.22. The van der Waals surface area contributed by atoms with Crippen molar-refractivity contribution in [2.75, 3.05) is 20.3 Å². The minimum atomic E-state index is 0.0915. The number of nitrogens with zero attached hydrogens (tertiary/aromatic N) is 2. The van der Waals surface area contributed by atoms with Gasteiger partial charge in [0.15, 0.2) is 5.78 Å². The first-order valence-electron chi connectivity index (χ1n) is 6.85. The van der Waals surface area contributed by atoms with E-state index in [-0.39, 0.29) is 11.2 Å². The number of ketones is 1. The Balaban J connectivity index is 2.70. The molecule has 0 bridgehead atoms. The van der Waals surface area contributed by atoms with E-state index in [9.17, 15) is 4.79 Å². The number of aromatic nitrogens is 2. The van der Waals surface area contributed by atoms with Crippen molar-refractivity contribution in [3.63, 3.8) is 0 Å². The summed E-state index contributed by atoms with van der Waals surface area (Å²) in [6.45, 7) is 6.05. The summed E-state index contributed by atoms with van der Waals surface area (Å²) in [5, 5.41) is 4.20. The summed E-state index contributed by atoms with van der Waals surface area (Å²) < 4.78 is 7.48. The molecule has 0 spiro atoms. The summed E-state index contributed by atoms with van der Waals surface area (Å²) in [4.78, 5) is 12.4. The zero-order chi connectivity index (χ0) is 15.2. The zero-order valence-electron chi connectivity index (χ0n) is 12.5. The van der Waals surface area contributed by atoms with Gasteiger partial charge in [-0.15, -0.1) is 0 Å². The molecule has 0 aliphatic heterocycles. The lowest BCUT2D eigenvalue weighted by atomic mass is 9.83. The van der Waals surface area contributed by atoms with Gasteiger partial charge in [0.05, 0.1) is 23.8 Å². The molecule has 0 aliphatic carbocycles. The number of ether oxygens (including phenoxy) is 1. The summed E-state index contributed by atoms with van der Waals surface area (Å²) in [5.41, 5.74) is 6.32. The number of rotatable bonds is 9. The van der Waals surface area contributed by atoms with E-state index in [1.807, 2.05) is 0 Å². The van der Waals surface area contributed by atoms with Crippen LogP contribution >= 0.6 is 15.9 Å². The number of Topliss-reactive ketones (excluding diaryl/α,β-unsaturated/α-hetero) is 1. The molecular weight excluding hydrogens is 322 g/mol. The topological polar surface area (TPSA) is 70.1 Å². The maximum absolute atomic E-state index is 12.4. The third-order valence-corrected chi connectivity index (χ3v) is 4.00. The molecule has 1 aromatic heterocycles. The molecule has 0 radical (unpaired) electrons. The molecule has 1 aromatic rings. The molecule has 114 valence electrons. The quantitative estimate of drug-likeness (QED) is 0.698. The highest BCUT2D eigenvalue weighted by Crippen LogP contribution is 2.28. The third-order valence-electron chi connectivity index (χ3n) is 3.42. The molecule has 0 saturated carbocycles. The maximum Gasteiger partial charge on any atom is 0.182 e. The number of hydrogen-bond donors (Lipinski definition) is 1. The number of nitrogens with two attached hydrogens (primary N) is 1. The van der Waals surface area contributed by atoms with E-state index < -0.39 is 0 Å². The van der Waals surface area contributed by atoms with E-state index in [1.165, 1.54) is 0 Å². The molecule has 0 saturated heterocycles. The summed E-state index contributed by atoms with van der Waals surface area (Å²) in [6.07, 6.45) is 3.91. The largest absolute Gasteiger partial charge is 0.383 e. The van der Waals surface area contributed by atoms with Crippen LogP contribution in [0.25, 0.3) is 0 Å². The van der Waals surface area contributed by atoms with Crippen molar-refractivity contribution in [3.8, 4) is 0 Å². The molecule has 0 aromatic carbocycles. The predicted octanol–water partition coefficient (Wildman–Crippen LogP) is 2.63. The standard InChI is InChI=1S/C14H24BrN3O2/c1-14(2,6-7-16)5-4-12(19)13-11(15)10-17-18(13)8-9-20-3/h10H,4-9,16H2,1-3H3. The minimum Gasteiger partial charge on any atom is -0.383 e. The Hall–Kier alpha value is -0.720. The summed E-state index contributed by atoms with van der Waals surface area (Å²) in [6, 6.07) is 0. The minimum absolute atomic E-state index is 0.0915. The Morgan fingerprint density at radius 2 is 2.20 bits per heavy atom. The van der Waals surface area contributed by atoms with Gasteiger partial charge in [-0.25, -0.2) is 0 Å². The maximum atomic E-state index is 12.4. The van der Waals surface area contributed by atoms with E-state index in [0.717, 1.165) is 17.3 Å². The van der Waals surface area contributed by atoms with Crippen LogP contribution in [-0.2, 0) is 11.3 Å². The Kier molecular flexibility index (Phi) is 6.85. The normalized spacial score (nSPS) is 11.8. The molecule has 2 N–H and O–H groups in total. The highest BCUT2D eigenvalue weighted by molar-refractivity contribution is 9.10. The highest BCUT2D eigenvalue weighted by atomic mass is 79.9. The van der Waals surface area contributed by atoms with E-state index in [4.69, 9.17) is 10.5 Å². The lowest BCUT2D eigenvalue weighted by molar-refractivity contribution is 0.0946. The van der Waals surface area contributed by atoms with Gasteiger partial charge in [0, 0.05) is 13.5 Å². The van der Waals surface area contributed by atoms with Gasteiger partial charge in [-0.05, 0) is 40.7 Å². The van der Waals surface area contributed by atoms with Gasteiger partial charge in [-0.1, -0.05) is 13.8 Å². The molecule has 6 heteroatoms. The van der Waals surface area contributed by atoms with E-state index >= 15 is 0 Å². The van der Waals surface area contributed by atoms with Gasteiger partial charge in [-0.3, -0.25) is 9.48 Å². The first-order chi connectivity index (χ1) is 9.41. The van der Waals surface area contributed by atoms with Crippen LogP contribution in [0.1, 0.15) is 43.6 Å². The van der Waals surface area contributed by atoms with E-state index in [0.29, 0.717) is 31.8 Å². The van der Waals surface area contributed by atoms with Gasteiger partial charge in [-0.2, -0.15) is 5.10 Å². The van der Waals surface area contributed by atoms with Crippen LogP contribution in [0.4, 0.5) is 0 Å². The van der Waals surface area contributed by atoms with Crippen LogP contribution in [0.5, 0.6) is 0 Å². The molecule has 0 unspecified atom stereocenters. The number of halogens is 1. The first kappa shape index (κ1) is 17.3. The number of methoxy groups -OCH3 is 1. The van der Waals surface area contributed by atoms with Crippen molar-refractivity contribution in [2.45, 2.75) is 39.7 Å². The van der Waals surface area contributed by atoms with Crippen LogP contribution in [0.15, 0.2) is 10.7 Å². The number of carbonyl (C=O) groups excluding carboxylic acids is 1. The summed E-state index contributed by atoms with van der Waals surface area (Å²) >= 11 is 3.40. The molecule has 0 atom stereocenters. The average molecular weight is 346 g/mol. The van der Waals surface area contributed by atoms with Gasteiger partial charge in [0.25, 0.3) is 0 Å². The lowest BCUT2D eigenvalue weighted by Crippen LogP contribution is -2.20. The van der Waals surface area contributed by atoms with Crippen LogP contribution in [0.3, 0.4) is 0 Å². The molecular formula is C14H24BrN3O2. The van der Waals surface area contributed by atoms with E-state index in [2.05, 4.69) is 34.9 Å². The molecule has 0 fully saturated rings. The van der Waals surface area contributed by atoms with Crippen molar-refractivity contribution in [1.82, 2.24) is 9.78 Å². The second kappa shape index (κ2) is 7.90. The first-order valence-corrected chi connectivity index (χ1v) is 7.64. The van der Waals surface area contributed by atoms with Crippen molar-refractivity contribution in [1.29, 1.82) is 0 Å². The molecule has 20 heavy (non-hydrogen) atoms. The lowest BCUT2D eigenvalue weighted by Gasteiger charge is -2.23. The Labute approximate surface area is 129 Å². The Morgan fingerprint density at radius 3 is 2.80 bits per heavy atom. The predicted molar refractivity (Wildman–Crippen MR) is 82.8 cm³/mol. The fourth-order valence-electron chi connectivity index (χ4n) is 2.07. The van der Waals surface area contributed by atoms with Gasteiger partial charge < -0.3 is 10.5 Å². The van der Waals surface area contributed by atoms with Crippen LogP contribution in [0, 0.1) is 5.41 Å². The number of hydrogen-bond acceptors (Lipinski definition) is 4. The smallest absolute Gasteiger partial charge is 0.182 e. The SMILES string of the molecule is COCCn1ncc(Br)c1C(=O)CCC(C)(C)CCN. The summed E-state index contributed by atoms with van der Waals surface area (Å²) in [7, 11) is 1.63. The molecule has 5 nitrogen and oxygen atoms in total. The fraction of sp³-hybridized carbons (Fsp3) is 0.714. The molecule has 0 amide bonds. The van der Waals surface area contributed by atoms with Crippen LogP contribution in [-0.4, -0.2) is 35.8 Å². The van der Waals surface area contributed by atoms with Gasteiger partial charge in [0.1, 0.15) is 5.69 Å². The van der Waals surface area contributed by atoms with Crippen molar-refractivity contribution >= 4 is 21.7 Å². The second-order valence-electron chi connectivity index (χ2n) is 5.68. The van der Waals surface area contributed by atoms with Crippen LogP contribution < -0.4 is 5.73 Å². The average Bonchev–Trinajstić information content (AvgIpc) is 2.75. The van der Waals surface area contributed by atoms with Crippen molar-refractivity contribution in [3.05, 3.63) is 16.4 Å². The Morgan fingerprint density at radius 1 is 1.50 bits per heavy atom. The van der Waals surface area contributed by atoms with Gasteiger partial charge in [0.2, 0.25) is 0 Å². The third kappa shape index (κ3) is 5.00. The van der Waals surface area contributed by atoms with Gasteiger partial charge >= 0.3 is 0 Å². The Bertz CT molecular complexity index is 444.